The molecule has 1 fully saturated rings. The highest BCUT2D eigenvalue weighted by atomic mass is 19.4. The van der Waals surface area contributed by atoms with Crippen molar-refractivity contribution in [3.63, 3.8) is 0 Å². The second-order valence-corrected chi connectivity index (χ2v) is 6.82. The summed E-state index contributed by atoms with van der Waals surface area (Å²) in [5.74, 6) is -0.462. The minimum atomic E-state index is -4.73. The van der Waals surface area contributed by atoms with Crippen molar-refractivity contribution in [2.45, 2.75) is 25.7 Å². The van der Waals surface area contributed by atoms with Crippen LogP contribution < -0.4 is 10.5 Å². The maximum atomic E-state index is 12.3. The largest absolute Gasteiger partial charge is 0.573 e. The summed E-state index contributed by atoms with van der Waals surface area (Å²) >= 11 is 0. The van der Waals surface area contributed by atoms with Gasteiger partial charge in [-0.15, -0.1) is 13.2 Å². The average molecular weight is 393 g/mol. The summed E-state index contributed by atoms with van der Waals surface area (Å²) in [6.07, 6.45) is -2.78. The van der Waals surface area contributed by atoms with E-state index < -0.39 is 12.1 Å². The number of halogens is 3. The Morgan fingerprint density at radius 1 is 1.11 bits per heavy atom. The van der Waals surface area contributed by atoms with Gasteiger partial charge in [0.2, 0.25) is 0 Å². The van der Waals surface area contributed by atoms with Crippen LogP contribution in [0.2, 0.25) is 0 Å². The number of oxazole rings is 1. The predicted molar refractivity (Wildman–Crippen MR) is 96.1 cm³/mol. The summed E-state index contributed by atoms with van der Waals surface area (Å²) in [5, 5.41) is 0. The molecule has 0 aliphatic carbocycles. The number of alkyl halides is 3. The summed E-state index contributed by atoms with van der Waals surface area (Å²) in [4.78, 5) is 12.3. The molecule has 0 radical (unpaired) electrons. The smallest absolute Gasteiger partial charge is 0.408 e. The molecule has 0 bridgehead atoms. The fourth-order valence-corrected chi connectivity index (χ4v) is 3.47. The van der Waals surface area contributed by atoms with Gasteiger partial charge in [-0.1, -0.05) is 18.2 Å². The van der Waals surface area contributed by atoms with Crippen molar-refractivity contribution in [1.29, 1.82) is 0 Å². The van der Waals surface area contributed by atoms with Crippen LogP contribution >= 0.6 is 0 Å². The van der Waals surface area contributed by atoms with E-state index in [1.807, 2.05) is 6.07 Å². The monoisotopic (exact) mass is 393 g/mol. The molecule has 1 saturated heterocycles. The molecule has 1 aliphatic rings. The number of hydrogen-bond donors (Lipinski definition) is 0. The summed E-state index contributed by atoms with van der Waals surface area (Å²) < 4.78 is 53.2. The lowest BCUT2D eigenvalue weighted by molar-refractivity contribution is -0.274. The standard InChI is InChI=1S/C20H18F3NO4/c21-20(22,23)28-16-6-3-14(4-7-16)15-5-8-18-17(10-15)24(19(25)27-18)11-13-2-1-9-26-12-13/h3-8,10,13H,1-2,9,11-12H2/t13-/m0/s1. The average Bonchev–Trinajstić information content (AvgIpc) is 2.97. The number of rotatable bonds is 4. The zero-order valence-electron chi connectivity index (χ0n) is 14.9. The van der Waals surface area contributed by atoms with Crippen molar-refractivity contribution in [2.24, 2.45) is 5.92 Å². The number of hydrogen-bond acceptors (Lipinski definition) is 4. The predicted octanol–water partition coefficient (Wildman–Crippen LogP) is 4.59. The lowest BCUT2D eigenvalue weighted by atomic mass is 10.0. The van der Waals surface area contributed by atoms with E-state index in [4.69, 9.17) is 9.15 Å². The van der Waals surface area contributed by atoms with E-state index in [-0.39, 0.29) is 11.7 Å². The van der Waals surface area contributed by atoms with Gasteiger partial charge < -0.3 is 13.9 Å². The molecule has 4 rings (SSSR count). The van der Waals surface area contributed by atoms with Gasteiger partial charge in [0.15, 0.2) is 5.58 Å². The highest BCUT2D eigenvalue weighted by Gasteiger charge is 2.31. The molecular formula is C20H18F3NO4. The van der Waals surface area contributed by atoms with E-state index in [9.17, 15) is 18.0 Å². The molecule has 148 valence electrons. The summed E-state index contributed by atoms with van der Waals surface area (Å²) in [6, 6.07) is 10.9. The van der Waals surface area contributed by atoms with E-state index in [0.29, 0.717) is 29.8 Å². The molecule has 28 heavy (non-hydrogen) atoms. The topological polar surface area (TPSA) is 53.6 Å². The Morgan fingerprint density at radius 3 is 2.54 bits per heavy atom. The molecule has 5 nitrogen and oxygen atoms in total. The van der Waals surface area contributed by atoms with Gasteiger partial charge in [-0.25, -0.2) is 4.79 Å². The molecule has 1 aromatic heterocycles. The fraction of sp³-hybridized carbons (Fsp3) is 0.350. The number of nitrogens with zero attached hydrogens (tertiary/aromatic N) is 1. The molecule has 0 amide bonds. The highest BCUT2D eigenvalue weighted by Crippen LogP contribution is 2.29. The Bertz CT molecular complexity index is 1010. The Morgan fingerprint density at radius 2 is 1.86 bits per heavy atom. The first-order valence-electron chi connectivity index (χ1n) is 8.96. The molecule has 2 heterocycles. The molecule has 0 N–H and O–H groups in total. The third-order valence-corrected chi connectivity index (χ3v) is 4.78. The van der Waals surface area contributed by atoms with Crippen LogP contribution in [0.15, 0.2) is 51.7 Å². The van der Waals surface area contributed by atoms with Crippen molar-refractivity contribution < 1.29 is 27.1 Å². The summed E-state index contributed by atoms with van der Waals surface area (Å²) in [5.41, 5.74) is 2.60. The minimum absolute atomic E-state index is 0.245. The molecule has 8 heteroatoms. The first kappa shape index (κ1) is 18.6. The molecule has 1 atom stereocenters. The Kier molecular flexibility index (Phi) is 4.89. The third kappa shape index (κ3) is 4.06. The first-order valence-corrected chi connectivity index (χ1v) is 8.96. The van der Waals surface area contributed by atoms with Crippen LogP contribution in [0.3, 0.4) is 0 Å². The van der Waals surface area contributed by atoms with Crippen molar-refractivity contribution in [3.05, 3.63) is 53.0 Å². The van der Waals surface area contributed by atoms with Crippen LogP contribution in [-0.4, -0.2) is 24.1 Å². The zero-order valence-corrected chi connectivity index (χ0v) is 14.9. The normalized spacial score (nSPS) is 17.8. The van der Waals surface area contributed by atoms with Crippen LogP contribution in [0.25, 0.3) is 22.2 Å². The maximum Gasteiger partial charge on any atom is 0.573 e. The van der Waals surface area contributed by atoms with E-state index in [0.717, 1.165) is 25.0 Å². The van der Waals surface area contributed by atoms with Gasteiger partial charge in [0.05, 0.1) is 12.1 Å². The van der Waals surface area contributed by atoms with Gasteiger partial charge in [-0.2, -0.15) is 0 Å². The molecule has 0 unspecified atom stereocenters. The minimum Gasteiger partial charge on any atom is -0.408 e. The van der Waals surface area contributed by atoms with Crippen LogP contribution in [0.4, 0.5) is 13.2 Å². The molecular weight excluding hydrogens is 375 g/mol. The van der Waals surface area contributed by atoms with Gasteiger partial charge in [-0.3, -0.25) is 4.57 Å². The Labute approximate surface area is 158 Å². The van der Waals surface area contributed by atoms with Gasteiger partial charge in [0.1, 0.15) is 5.75 Å². The van der Waals surface area contributed by atoms with Gasteiger partial charge in [-0.05, 0) is 48.2 Å². The lowest BCUT2D eigenvalue weighted by Crippen LogP contribution is -2.26. The molecule has 0 spiro atoms. The Balaban J connectivity index is 1.63. The summed E-state index contributed by atoms with van der Waals surface area (Å²) in [7, 11) is 0. The fourth-order valence-electron chi connectivity index (χ4n) is 3.47. The van der Waals surface area contributed by atoms with Crippen LogP contribution in [-0.2, 0) is 11.3 Å². The maximum absolute atomic E-state index is 12.3. The number of benzene rings is 2. The van der Waals surface area contributed by atoms with Crippen LogP contribution in [0.5, 0.6) is 5.75 Å². The van der Waals surface area contributed by atoms with Gasteiger partial charge in [0.25, 0.3) is 0 Å². The van der Waals surface area contributed by atoms with Gasteiger partial charge in [0, 0.05) is 19.1 Å². The van der Waals surface area contributed by atoms with E-state index in [1.165, 1.54) is 12.1 Å². The molecule has 3 aromatic rings. The van der Waals surface area contributed by atoms with Crippen molar-refractivity contribution >= 4 is 11.1 Å². The second kappa shape index (κ2) is 7.35. The molecule has 2 aromatic carbocycles. The quantitative estimate of drug-likeness (QED) is 0.651. The molecule has 0 saturated carbocycles. The van der Waals surface area contributed by atoms with E-state index >= 15 is 0 Å². The highest BCUT2D eigenvalue weighted by molar-refractivity contribution is 5.80. The van der Waals surface area contributed by atoms with Crippen molar-refractivity contribution in [3.8, 4) is 16.9 Å². The SMILES string of the molecule is O=c1oc2ccc(-c3ccc(OC(F)(F)F)cc3)cc2n1C[C@@H]1CCCOC1. The Hall–Kier alpha value is -2.74. The van der Waals surface area contributed by atoms with E-state index in [2.05, 4.69) is 4.74 Å². The van der Waals surface area contributed by atoms with Crippen molar-refractivity contribution in [2.75, 3.05) is 13.2 Å². The zero-order chi connectivity index (χ0) is 19.7. The number of ether oxygens (including phenoxy) is 2. The number of fused-ring (bicyclic) bond motifs is 1. The van der Waals surface area contributed by atoms with Crippen LogP contribution in [0.1, 0.15) is 12.8 Å². The second-order valence-electron chi connectivity index (χ2n) is 6.82. The van der Waals surface area contributed by atoms with Crippen LogP contribution in [0, 0.1) is 5.92 Å². The summed E-state index contributed by atoms with van der Waals surface area (Å²) in [6.45, 7) is 1.86. The van der Waals surface area contributed by atoms with E-state index in [1.54, 1.807) is 28.8 Å². The first-order chi connectivity index (χ1) is 13.4. The van der Waals surface area contributed by atoms with Crippen molar-refractivity contribution in [1.82, 2.24) is 4.57 Å². The lowest BCUT2D eigenvalue weighted by Gasteiger charge is -2.21. The van der Waals surface area contributed by atoms with Gasteiger partial charge >= 0.3 is 12.1 Å². The number of aromatic nitrogens is 1. The third-order valence-electron chi connectivity index (χ3n) is 4.78. The molecule has 1 aliphatic heterocycles.